The molecule has 0 aliphatic rings. The number of rotatable bonds is 5. The van der Waals surface area contributed by atoms with E-state index in [4.69, 9.17) is 9.47 Å². The van der Waals surface area contributed by atoms with Gasteiger partial charge in [-0.25, -0.2) is 4.79 Å². The van der Waals surface area contributed by atoms with Gasteiger partial charge >= 0.3 is 5.97 Å². The van der Waals surface area contributed by atoms with Crippen LogP contribution in [0, 0.1) is 6.92 Å². The Kier molecular flexibility index (Phi) is 5.38. The van der Waals surface area contributed by atoms with Crippen LogP contribution in [0.1, 0.15) is 38.1 Å². The van der Waals surface area contributed by atoms with Gasteiger partial charge < -0.3 is 14.6 Å². The summed E-state index contributed by atoms with van der Waals surface area (Å²) in [5, 5.41) is 10.9. The first kappa shape index (κ1) is 19.8. The van der Waals surface area contributed by atoms with Crippen molar-refractivity contribution in [1.29, 1.82) is 0 Å². The van der Waals surface area contributed by atoms with Gasteiger partial charge in [-0.05, 0) is 57.0 Å². The van der Waals surface area contributed by atoms with Crippen molar-refractivity contribution in [1.82, 2.24) is 4.98 Å². The molecule has 0 amide bonds. The first-order chi connectivity index (χ1) is 13.2. The molecule has 0 fully saturated rings. The van der Waals surface area contributed by atoms with Gasteiger partial charge in [-0.2, -0.15) is 0 Å². The van der Waals surface area contributed by atoms with E-state index in [0.717, 1.165) is 22.0 Å². The van der Waals surface area contributed by atoms with Gasteiger partial charge in [0.05, 0.1) is 18.2 Å². The standard InChI is InChI=1S/C23H25NO4/c1-14-19(21(22(25)26)28-23(2,3)4)20(15-9-8-10-16(13-15)27-5)17-11-6-7-12-18(17)24-14/h6-13,21H,1-5H3,(H,25,26). The zero-order valence-corrected chi connectivity index (χ0v) is 16.8. The number of hydrogen-bond donors (Lipinski definition) is 1. The minimum absolute atomic E-state index is 0.564. The summed E-state index contributed by atoms with van der Waals surface area (Å²) in [7, 11) is 1.61. The molecule has 28 heavy (non-hydrogen) atoms. The topological polar surface area (TPSA) is 68.7 Å². The van der Waals surface area contributed by atoms with Crippen LogP contribution in [0.3, 0.4) is 0 Å². The van der Waals surface area contributed by atoms with Crippen LogP contribution >= 0.6 is 0 Å². The summed E-state index contributed by atoms with van der Waals surface area (Å²) in [6, 6.07) is 15.3. The molecular weight excluding hydrogens is 354 g/mol. The second kappa shape index (κ2) is 7.60. The van der Waals surface area contributed by atoms with Crippen molar-refractivity contribution in [3.63, 3.8) is 0 Å². The lowest BCUT2D eigenvalue weighted by molar-refractivity contribution is -0.160. The highest BCUT2D eigenvalue weighted by Gasteiger charge is 2.32. The van der Waals surface area contributed by atoms with E-state index in [2.05, 4.69) is 4.98 Å². The molecule has 3 aromatic rings. The molecule has 1 atom stereocenters. The number of fused-ring (bicyclic) bond motifs is 1. The predicted octanol–water partition coefficient (Wildman–Crippen LogP) is 5.16. The van der Waals surface area contributed by atoms with Crippen molar-refractivity contribution in [3.05, 3.63) is 59.8 Å². The number of pyridine rings is 1. The third-order valence-electron chi connectivity index (χ3n) is 4.44. The number of aryl methyl sites for hydroxylation is 1. The minimum Gasteiger partial charge on any atom is -0.497 e. The predicted molar refractivity (Wildman–Crippen MR) is 110 cm³/mol. The highest BCUT2D eigenvalue weighted by molar-refractivity contribution is 5.98. The van der Waals surface area contributed by atoms with Crippen molar-refractivity contribution >= 4 is 16.9 Å². The van der Waals surface area contributed by atoms with E-state index >= 15 is 0 Å². The normalized spacial score (nSPS) is 12.8. The zero-order valence-electron chi connectivity index (χ0n) is 16.8. The molecule has 0 aliphatic carbocycles. The van der Waals surface area contributed by atoms with Gasteiger partial charge in [0.15, 0.2) is 6.10 Å². The third kappa shape index (κ3) is 3.99. The number of aromatic nitrogens is 1. The Balaban J connectivity index is 2.38. The summed E-state index contributed by atoms with van der Waals surface area (Å²) in [5.41, 5.74) is 3.04. The summed E-state index contributed by atoms with van der Waals surface area (Å²) in [4.78, 5) is 16.9. The lowest BCUT2D eigenvalue weighted by atomic mass is 9.91. The van der Waals surface area contributed by atoms with Gasteiger partial charge in [0.25, 0.3) is 0 Å². The fourth-order valence-corrected chi connectivity index (χ4v) is 3.35. The summed E-state index contributed by atoms with van der Waals surface area (Å²) in [6.45, 7) is 7.36. The molecule has 146 valence electrons. The summed E-state index contributed by atoms with van der Waals surface area (Å²) >= 11 is 0. The maximum atomic E-state index is 12.2. The van der Waals surface area contributed by atoms with Crippen molar-refractivity contribution < 1.29 is 19.4 Å². The molecule has 0 radical (unpaired) electrons. The van der Waals surface area contributed by atoms with Crippen molar-refractivity contribution in [3.8, 4) is 16.9 Å². The second-order valence-corrected chi connectivity index (χ2v) is 7.68. The third-order valence-corrected chi connectivity index (χ3v) is 4.44. The van der Waals surface area contributed by atoms with Crippen LogP contribution in [0.5, 0.6) is 5.75 Å². The van der Waals surface area contributed by atoms with Crippen LogP contribution < -0.4 is 4.74 Å². The SMILES string of the molecule is COc1cccc(-c2c(C(OC(C)(C)C)C(=O)O)c(C)nc3ccccc23)c1. The van der Waals surface area contributed by atoms with Crippen molar-refractivity contribution in [2.45, 2.75) is 39.4 Å². The molecule has 0 spiro atoms. The zero-order chi connectivity index (χ0) is 20.5. The Bertz CT molecular complexity index is 1020. The van der Waals surface area contributed by atoms with E-state index in [1.165, 1.54) is 0 Å². The number of carboxylic acid groups (broad SMARTS) is 1. The Hall–Kier alpha value is -2.92. The number of para-hydroxylation sites is 1. The molecule has 0 bridgehead atoms. The van der Waals surface area contributed by atoms with Gasteiger partial charge in [-0.3, -0.25) is 4.98 Å². The molecule has 1 aromatic heterocycles. The van der Waals surface area contributed by atoms with Crippen LogP contribution in [-0.2, 0) is 9.53 Å². The Labute approximate surface area is 164 Å². The van der Waals surface area contributed by atoms with Crippen LogP contribution in [-0.4, -0.2) is 28.8 Å². The number of carbonyl (C=O) groups is 1. The molecular formula is C23H25NO4. The molecule has 3 rings (SSSR count). The quantitative estimate of drug-likeness (QED) is 0.663. The first-order valence-electron chi connectivity index (χ1n) is 9.15. The first-order valence-corrected chi connectivity index (χ1v) is 9.15. The molecule has 1 heterocycles. The average molecular weight is 379 g/mol. The van der Waals surface area contributed by atoms with Crippen molar-refractivity contribution in [2.24, 2.45) is 0 Å². The number of ether oxygens (including phenoxy) is 2. The Morgan fingerprint density at radius 2 is 1.82 bits per heavy atom. The smallest absolute Gasteiger partial charge is 0.337 e. The van der Waals surface area contributed by atoms with Gasteiger partial charge in [-0.15, -0.1) is 0 Å². The van der Waals surface area contributed by atoms with Crippen LogP contribution in [0.4, 0.5) is 0 Å². The molecule has 5 heteroatoms. The van der Waals surface area contributed by atoms with Crippen molar-refractivity contribution in [2.75, 3.05) is 7.11 Å². The van der Waals surface area contributed by atoms with E-state index in [1.807, 2.05) is 76.2 Å². The molecule has 2 aromatic carbocycles. The molecule has 1 N–H and O–H groups in total. The molecule has 0 aliphatic heterocycles. The highest BCUT2D eigenvalue weighted by atomic mass is 16.5. The van der Waals surface area contributed by atoms with Crippen LogP contribution in [0.15, 0.2) is 48.5 Å². The monoisotopic (exact) mass is 379 g/mol. The number of aliphatic carboxylic acids is 1. The number of benzene rings is 2. The lowest BCUT2D eigenvalue weighted by Gasteiger charge is -2.28. The maximum absolute atomic E-state index is 12.2. The van der Waals surface area contributed by atoms with Gasteiger partial charge in [0.1, 0.15) is 5.75 Å². The Morgan fingerprint density at radius 3 is 2.46 bits per heavy atom. The molecule has 0 saturated heterocycles. The van der Waals surface area contributed by atoms with E-state index in [-0.39, 0.29) is 0 Å². The molecule has 1 unspecified atom stereocenters. The average Bonchev–Trinajstić information content (AvgIpc) is 2.64. The fourth-order valence-electron chi connectivity index (χ4n) is 3.35. The number of hydrogen-bond acceptors (Lipinski definition) is 4. The van der Waals surface area contributed by atoms with E-state index in [9.17, 15) is 9.90 Å². The highest BCUT2D eigenvalue weighted by Crippen LogP contribution is 2.40. The minimum atomic E-state index is -1.14. The fraction of sp³-hybridized carbons (Fsp3) is 0.304. The van der Waals surface area contributed by atoms with Gasteiger partial charge in [0, 0.05) is 16.6 Å². The Morgan fingerprint density at radius 1 is 1.11 bits per heavy atom. The number of methoxy groups -OCH3 is 1. The number of carboxylic acids is 1. The second-order valence-electron chi connectivity index (χ2n) is 7.68. The summed E-state index contributed by atoms with van der Waals surface area (Å²) in [5.74, 6) is -0.343. The summed E-state index contributed by atoms with van der Waals surface area (Å²) in [6.07, 6.45) is -1.14. The van der Waals surface area contributed by atoms with Crippen LogP contribution in [0.25, 0.3) is 22.0 Å². The number of nitrogens with zero attached hydrogens (tertiary/aromatic N) is 1. The van der Waals surface area contributed by atoms with Gasteiger partial charge in [-0.1, -0.05) is 30.3 Å². The largest absolute Gasteiger partial charge is 0.497 e. The lowest BCUT2D eigenvalue weighted by Crippen LogP contribution is -2.28. The van der Waals surface area contributed by atoms with E-state index in [1.54, 1.807) is 7.11 Å². The summed E-state index contributed by atoms with van der Waals surface area (Å²) < 4.78 is 11.3. The molecule has 0 saturated carbocycles. The molecule has 5 nitrogen and oxygen atoms in total. The van der Waals surface area contributed by atoms with E-state index in [0.29, 0.717) is 17.0 Å². The maximum Gasteiger partial charge on any atom is 0.337 e. The van der Waals surface area contributed by atoms with Crippen LogP contribution in [0.2, 0.25) is 0 Å². The van der Waals surface area contributed by atoms with E-state index < -0.39 is 17.7 Å². The van der Waals surface area contributed by atoms with Gasteiger partial charge in [0.2, 0.25) is 0 Å².